The predicted molar refractivity (Wildman–Crippen MR) is 79.0 cm³/mol. The molecular weight excluding hydrogens is 250 g/mol. The second kappa shape index (κ2) is 5.66. The summed E-state index contributed by atoms with van der Waals surface area (Å²) in [4.78, 5) is 15.3. The van der Waals surface area contributed by atoms with Crippen LogP contribution >= 0.6 is 0 Å². The average Bonchev–Trinajstić information content (AvgIpc) is 2.46. The molecule has 3 rings (SSSR count). The molecule has 0 saturated carbocycles. The zero-order valence-electron chi connectivity index (χ0n) is 12.3. The number of benzene rings is 1. The van der Waals surface area contributed by atoms with Crippen LogP contribution in [-0.2, 0) is 11.2 Å². The van der Waals surface area contributed by atoms with Crippen LogP contribution in [0, 0.1) is 5.92 Å². The topological polar surface area (TPSA) is 29.5 Å². The minimum Gasteiger partial charge on any atom is -0.378 e. The SMILES string of the molecule is CCc1ccccc1C(=O)C1CC2COCC(C1)N2C. The number of carbonyl (C=O) groups excluding carboxylic acids is 1. The van der Waals surface area contributed by atoms with Gasteiger partial charge in [-0.15, -0.1) is 0 Å². The molecule has 0 N–H and O–H groups in total. The van der Waals surface area contributed by atoms with Gasteiger partial charge in [0.1, 0.15) is 0 Å². The minimum atomic E-state index is 0.165. The second-order valence-electron chi connectivity index (χ2n) is 6.05. The van der Waals surface area contributed by atoms with Crippen LogP contribution in [-0.4, -0.2) is 43.0 Å². The number of carbonyl (C=O) groups is 1. The summed E-state index contributed by atoms with van der Waals surface area (Å²) >= 11 is 0. The highest BCUT2D eigenvalue weighted by Crippen LogP contribution is 2.32. The highest BCUT2D eigenvalue weighted by atomic mass is 16.5. The molecule has 2 atom stereocenters. The number of hydrogen-bond donors (Lipinski definition) is 0. The van der Waals surface area contributed by atoms with Crippen molar-refractivity contribution in [3.05, 3.63) is 35.4 Å². The number of aryl methyl sites for hydroxylation is 1. The van der Waals surface area contributed by atoms with Crippen molar-refractivity contribution in [1.82, 2.24) is 4.90 Å². The molecule has 20 heavy (non-hydrogen) atoms. The molecule has 0 aliphatic carbocycles. The van der Waals surface area contributed by atoms with E-state index >= 15 is 0 Å². The summed E-state index contributed by atoms with van der Waals surface area (Å²) in [5, 5.41) is 0. The average molecular weight is 273 g/mol. The van der Waals surface area contributed by atoms with E-state index in [0.29, 0.717) is 17.9 Å². The van der Waals surface area contributed by atoms with E-state index in [2.05, 4.69) is 24.9 Å². The molecule has 0 amide bonds. The van der Waals surface area contributed by atoms with E-state index in [9.17, 15) is 4.79 Å². The third-order valence-corrected chi connectivity index (χ3v) is 4.92. The third-order valence-electron chi connectivity index (χ3n) is 4.92. The van der Waals surface area contributed by atoms with Gasteiger partial charge in [-0.1, -0.05) is 31.2 Å². The Kier molecular flexibility index (Phi) is 3.90. The number of likely N-dealkylation sites (N-methyl/N-ethyl adjacent to an activating group) is 1. The molecular formula is C17H23NO2. The summed E-state index contributed by atoms with van der Waals surface area (Å²) in [6.45, 7) is 3.65. The van der Waals surface area contributed by atoms with Crippen LogP contribution in [0.2, 0.25) is 0 Å². The summed E-state index contributed by atoms with van der Waals surface area (Å²) in [7, 11) is 2.17. The Labute approximate surface area is 120 Å². The van der Waals surface area contributed by atoms with Crippen molar-refractivity contribution in [2.45, 2.75) is 38.3 Å². The molecule has 3 heteroatoms. The number of fused-ring (bicyclic) bond motifs is 2. The number of Topliss-reactive ketones (excluding diaryl/α,β-unsaturated/α-hetero) is 1. The van der Waals surface area contributed by atoms with Gasteiger partial charge < -0.3 is 4.74 Å². The maximum Gasteiger partial charge on any atom is 0.166 e. The Balaban J connectivity index is 1.81. The van der Waals surface area contributed by atoms with Crippen LogP contribution in [0.15, 0.2) is 24.3 Å². The van der Waals surface area contributed by atoms with Gasteiger partial charge in [0.15, 0.2) is 5.78 Å². The van der Waals surface area contributed by atoms with Crippen molar-refractivity contribution in [3.63, 3.8) is 0 Å². The number of ketones is 1. The molecule has 108 valence electrons. The van der Waals surface area contributed by atoms with Gasteiger partial charge >= 0.3 is 0 Å². The Hall–Kier alpha value is -1.19. The highest BCUT2D eigenvalue weighted by Gasteiger charge is 2.39. The first-order chi connectivity index (χ1) is 9.70. The van der Waals surface area contributed by atoms with E-state index in [-0.39, 0.29) is 5.92 Å². The van der Waals surface area contributed by atoms with Crippen molar-refractivity contribution in [3.8, 4) is 0 Å². The summed E-state index contributed by atoms with van der Waals surface area (Å²) in [5.41, 5.74) is 2.11. The van der Waals surface area contributed by atoms with Crippen molar-refractivity contribution in [1.29, 1.82) is 0 Å². The van der Waals surface area contributed by atoms with Crippen molar-refractivity contribution in [2.75, 3.05) is 20.3 Å². The molecule has 2 unspecified atom stereocenters. The molecule has 2 bridgehead atoms. The van der Waals surface area contributed by atoms with Crippen molar-refractivity contribution >= 4 is 5.78 Å². The zero-order valence-corrected chi connectivity index (χ0v) is 12.3. The molecule has 2 fully saturated rings. The van der Waals surface area contributed by atoms with Crippen LogP contribution in [0.1, 0.15) is 35.7 Å². The van der Waals surface area contributed by atoms with Gasteiger partial charge in [-0.05, 0) is 31.9 Å². The normalized spacial score (nSPS) is 30.2. The van der Waals surface area contributed by atoms with Crippen LogP contribution in [0.4, 0.5) is 0 Å². The van der Waals surface area contributed by atoms with Gasteiger partial charge in [-0.25, -0.2) is 0 Å². The largest absolute Gasteiger partial charge is 0.378 e. The smallest absolute Gasteiger partial charge is 0.166 e. The van der Waals surface area contributed by atoms with E-state index in [4.69, 9.17) is 4.74 Å². The Morgan fingerprint density at radius 2 is 1.90 bits per heavy atom. The van der Waals surface area contributed by atoms with Crippen LogP contribution in [0.5, 0.6) is 0 Å². The summed E-state index contributed by atoms with van der Waals surface area (Å²) in [6, 6.07) is 8.88. The molecule has 0 aromatic heterocycles. The molecule has 2 saturated heterocycles. The van der Waals surface area contributed by atoms with E-state index in [0.717, 1.165) is 38.0 Å². The number of ether oxygens (including phenoxy) is 1. The fourth-order valence-electron chi connectivity index (χ4n) is 3.60. The lowest BCUT2D eigenvalue weighted by atomic mass is 9.80. The summed E-state index contributed by atoms with van der Waals surface area (Å²) in [5.74, 6) is 0.505. The molecule has 3 nitrogen and oxygen atoms in total. The first kappa shape index (κ1) is 13.8. The molecule has 2 aliphatic heterocycles. The van der Waals surface area contributed by atoms with Crippen LogP contribution in [0.3, 0.4) is 0 Å². The first-order valence-corrected chi connectivity index (χ1v) is 7.62. The maximum atomic E-state index is 12.9. The van der Waals surface area contributed by atoms with Gasteiger partial charge in [-0.3, -0.25) is 9.69 Å². The number of morpholine rings is 1. The van der Waals surface area contributed by atoms with Crippen LogP contribution < -0.4 is 0 Å². The summed E-state index contributed by atoms with van der Waals surface area (Å²) < 4.78 is 5.63. The van der Waals surface area contributed by atoms with E-state index in [1.165, 1.54) is 5.56 Å². The van der Waals surface area contributed by atoms with E-state index in [1.54, 1.807) is 0 Å². The zero-order chi connectivity index (χ0) is 14.1. The molecule has 1 aromatic carbocycles. The molecule has 1 aromatic rings. The number of rotatable bonds is 3. The van der Waals surface area contributed by atoms with E-state index < -0.39 is 0 Å². The van der Waals surface area contributed by atoms with Gasteiger partial charge in [0.2, 0.25) is 0 Å². The first-order valence-electron chi connectivity index (χ1n) is 7.62. The lowest BCUT2D eigenvalue weighted by molar-refractivity contribution is -0.0702. The highest BCUT2D eigenvalue weighted by molar-refractivity contribution is 5.99. The van der Waals surface area contributed by atoms with Gasteiger partial charge in [-0.2, -0.15) is 0 Å². The lowest BCUT2D eigenvalue weighted by Crippen LogP contribution is -2.55. The number of piperidine rings is 1. The predicted octanol–water partition coefficient (Wildman–Crippen LogP) is 2.54. The third kappa shape index (κ3) is 2.40. The Bertz CT molecular complexity index is 486. The quantitative estimate of drug-likeness (QED) is 0.793. The fourth-order valence-corrected chi connectivity index (χ4v) is 3.60. The monoisotopic (exact) mass is 273 g/mol. The number of hydrogen-bond acceptors (Lipinski definition) is 3. The Morgan fingerprint density at radius 1 is 1.25 bits per heavy atom. The fraction of sp³-hybridized carbons (Fsp3) is 0.588. The number of nitrogens with zero attached hydrogens (tertiary/aromatic N) is 1. The van der Waals surface area contributed by atoms with Gasteiger partial charge in [0.25, 0.3) is 0 Å². The Morgan fingerprint density at radius 3 is 2.55 bits per heavy atom. The maximum absolute atomic E-state index is 12.9. The molecule has 0 spiro atoms. The van der Waals surface area contributed by atoms with E-state index in [1.807, 2.05) is 18.2 Å². The summed E-state index contributed by atoms with van der Waals surface area (Å²) in [6.07, 6.45) is 2.79. The van der Waals surface area contributed by atoms with Crippen LogP contribution in [0.25, 0.3) is 0 Å². The van der Waals surface area contributed by atoms with Gasteiger partial charge in [0.05, 0.1) is 13.2 Å². The molecule has 2 heterocycles. The minimum absolute atomic E-state index is 0.165. The lowest BCUT2D eigenvalue weighted by Gasteiger charge is -2.46. The molecule has 2 aliphatic rings. The van der Waals surface area contributed by atoms with Gasteiger partial charge in [0, 0.05) is 23.6 Å². The second-order valence-corrected chi connectivity index (χ2v) is 6.05. The van der Waals surface area contributed by atoms with Crippen molar-refractivity contribution < 1.29 is 9.53 Å². The standard InChI is InChI=1S/C17H23NO2/c1-3-12-6-4-5-7-16(12)17(19)13-8-14-10-20-11-15(9-13)18(14)2/h4-7,13-15H,3,8-11H2,1-2H3. The van der Waals surface area contributed by atoms with Crippen molar-refractivity contribution in [2.24, 2.45) is 5.92 Å². The molecule has 0 radical (unpaired) electrons.